The Hall–Kier alpha value is -3.96. The molecule has 1 aliphatic rings. The standard InChI is InChI=1S/C32H30ClN3O2/c1-3-21-10-12-23(13-11-21)29-27-9-4-5-18-35-28(22-14-16-26(38-2)17-15-22)20-36(32(27)35)30(29)31(37)34-25-8-6-7-24(33)19-25/h6-8,10-17,19-20H,3-5,9,18H2,1-2H3,(H,34,37). The van der Waals surface area contributed by atoms with Gasteiger partial charge in [-0.05, 0) is 84.8 Å². The number of imidazole rings is 1. The molecule has 0 radical (unpaired) electrons. The van der Waals surface area contributed by atoms with Gasteiger partial charge in [-0.3, -0.25) is 9.20 Å². The Morgan fingerprint density at radius 3 is 2.47 bits per heavy atom. The van der Waals surface area contributed by atoms with Crippen molar-refractivity contribution in [1.29, 1.82) is 0 Å². The van der Waals surface area contributed by atoms with Crippen LogP contribution in [0.5, 0.6) is 5.75 Å². The van der Waals surface area contributed by atoms with Crippen LogP contribution in [0.1, 0.15) is 41.4 Å². The quantitative estimate of drug-likeness (QED) is 0.246. The third kappa shape index (κ3) is 4.27. The molecule has 2 aromatic heterocycles. The van der Waals surface area contributed by atoms with Gasteiger partial charge in [-0.15, -0.1) is 0 Å². The Balaban J connectivity index is 1.58. The lowest BCUT2D eigenvalue weighted by Gasteiger charge is -2.11. The molecule has 0 spiro atoms. The normalized spacial score (nSPS) is 12.9. The number of halogens is 1. The Morgan fingerprint density at radius 2 is 1.76 bits per heavy atom. The lowest BCUT2D eigenvalue weighted by molar-refractivity contribution is 0.102. The number of aromatic nitrogens is 2. The summed E-state index contributed by atoms with van der Waals surface area (Å²) in [4.78, 5) is 14.0. The first-order valence-corrected chi connectivity index (χ1v) is 13.5. The zero-order chi connectivity index (χ0) is 26.2. The Bertz CT molecular complexity index is 1630. The first kappa shape index (κ1) is 24.4. The number of benzene rings is 3. The lowest BCUT2D eigenvalue weighted by Crippen LogP contribution is -2.15. The number of anilines is 1. The van der Waals surface area contributed by atoms with Crippen molar-refractivity contribution in [1.82, 2.24) is 8.97 Å². The van der Waals surface area contributed by atoms with Crippen LogP contribution in [-0.4, -0.2) is 22.0 Å². The van der Waals surface area contributed by atoms with Gasteiger partial charge < -0.3 is 14.6 Å². The van der Waals surface area contributed by atoms with Gasteiger partial charge in [0.1, 0.15) is 17.1 Å². The number of nitrogens with one attached hydrogen (secondary N) is 1. The molecule has 0 atom stereocenters. The zero-order valence-corrected chi connectivity index (χ0v) is 22.4. The van der Waals surface area contributed by atoms with Crippen molar-refractivity contribution in [2.24, 2.45) is 0 Å². The highest BCUT2D eigenvalue weighted by molar-refractivity contribution is 6.31. The second-order valence-electron chi connectivity index (χ2n) is 9.76. The van der Waals surface area contributed by atoms with E-state index in [1.54, 1.807) is 19.2 Å². The van der Waals surface area contributed by atoms with Gasteiger partial charge in [0.05, 0.1) is 12.8 Å². The van der Waals surface area contributed by atoms with E-state index in [2.05, 4.69) is 63.8 Å². The Kier molecular flexibility index (Phi) is 6.46. The van der Waals surface area contributed by atoms with Crippen molar-refractivity contribution in [3.63, 3.8) is 0 Å². The fourth-order valence-electron chi connectivity index (χ4n) is 5.58. The molecule has 6 rings (SSSR count). The molecule has 5 nitrogen and oxygen atoms in total. The predicted octanol–water partition coefficient (Wildman–Crippen LogP) is 7.89. The van der Waals surface area contributed by atoms with Gasteiger partial charge in [-0.1, -0.05) is 48.9 Å². The molecule has 1 aliphatic heterocycles. The fraction of sp³-hybridized carbons (Fsp3) is 0.219. The predicted molar refractivity (Wildman–Crippen MR) is 155 cm³/mol. The van der Waals surface area contributed by atoms with Crippen molar-refractivity contribution in [2.75, 3.05) is 12.4 Å². The van der Waals surface area contributed by atoms with Crippen molar-refractivity contribution in [3.05, 3.63) is 101 Å². The van der Waals surface area contributed by atoms with E-state index in [-0.39, 0.29) is 5.91 Å². The van der Waals surface area contributed by atoms with E-state index in [4.69, 9.17) is 16.3 Å². The van der Waals surface area contributed by atoms with Crippen LogP contribution in [0.3, 0.4) is 0 Å². The molecule has 6 heteroatoms. The third-order valence-electron chi connectivity index (χ3n) is 7.47. The number of carbonyl (C=O) groups is 1. The lowest BCUT2D eigenvalue weighted by atomic mass is 9.96. The number of aryl methyl sites for hydroxylation is 3. The molecule has 3 heterocycles. The maximum Gasteiger partial charge on any atom is 0.273 e. The van der Waals surface area contributed by atoms with Gasteiger partial charge in [0.2, 0.25) is 0 Å². The zero-order valence-electron chi connectivity index (χ0n) is 21.6. The number of hydrogen-bond acceptors (Lipinski definition) is 2. The van der Waals surface area contributed by atoms with Gasteiger partial charge in [-0.25, -0.2) is 0 Å². The number of carbonyl (C=O) groups excluding carboxylic acids is 1. The van der Waals surface area contributed by atoms with Crippen LogP contribution in [-0.2, 0) is 19.4 Å². The summed E-state index contributed by atoms with van der Waals surface area (Å²) in [7, 11) is 1.68. The van der Waals surface area contributed by atoms with Crippen LogP contribution in [0.4, 0.5) is 5.69 Å². The van der Waals surface area contributed by atoms with Crippen LogP contribution in [0, 0.1) is 0 Å². The van der Waals surface area contributed by atoms with Gasteiger partial charge in [-0.2, -0.15) is 0 Å². The topological polar surface area (TPSA) is 47.7 Å². The van der Waals surface area contributed by atoms with E-state index in [9.17, 15) is 4.79 Å². The second-order valence-corrected chi connectivity index (χ2v) is 10.2. The molecular formula is C32H30ClN3O2. The van der Waals surface area contributed by atoms with Gasteiger partial charge in [0, 0.05) is 34.6 Å². The SMILES string of the molecule is CCc1ccc(-c2c3c4n(c(-c5ccc(OC)cc5)cn4c2C(=O)Nc2cccc(Cl)c2)CCCC3)cc1. The molecule has 0 aliphatic carbocycles. The average molecular weight is 524 g/mol. The van der Waals surface area contributed by atoms with E-state index in [1.807, 2.05) is 24.3 Å². The van der Waals surface area contributed by atoms with Crippen LogP contribution in [0.15, 0.2) is 79.0 Å². The molecule has 0 saturated heterocycles. The highest BCUT2D eigenvalue weighted by atomic mass is 35.5. The molecule has 0 saturated carbocycles. The van der Waals surface area contributed by atoms with E-state index >= 15 is 0 Å². The molecule has 1 amide bonds. The number of rotatable bonds is 6. The average Bonchev–Trinajstić information content (AvgIpc) is 3.36. The largest absolute Gasteiger partial charge is 0.497 e. The molecule has 38 heavy (non-hydrogen) atoms. The molecule has 0 fully saturated rings. The first-order valence-electron chi connectivity index (χ1n) is 13.1. The van der Waals surface area contributed by atoms with Crippen LogP contribution in [0.2, 0.25) is 5.02 Å². The second kappa shape index (κ2) is 10.1. The molecular weight excluding hydrogens is 494 g/mol. The van der Waals surface area contributed by atoms with E-state index in [0.717, 1.165) is 66.0 Å². The minimum Gasteiger partial charge on any atom is -0.497 e. The fourth-order valence-corrected chi connectivity index (χ4v) is 5.77. The molecule has 3 aromatic carbocycles. The summed E-state index contributed by atoms with van der Waals surface area (Å²) < 4.78 is 9.86. The molecule has 0 unspecified atom stereocenters. The maximum absolute atomic E-state index is 14.0. The molecule has 1 N–H and O–H groups in total. The molecule has 192 valence electrons. The summed E-state index contributed by atoms with van der Waals surface area (Å²) in [5.41, 5.74) is 9.19. The summed E-state index contributed by atoms with van der Waals surface area (Å²) in [5.74, 6) is 0.671. The number of hydrogen-bond donors (Lipinski definition) is 1. The highest BCUT2D eigenvalue weighted by Crippen LogP contribution is 2.40. The van der Waals surface area contributed by atoms with Crippen LogP contribution < -0.4 is 10.1 Å². The Morgan fingerprint density at radius 1 is 1.00 bits per heavy atom. The van der Waals surface area contributed by atoms with Crippen molar-refractivity contribution in [3.8, 4) is 28.1 Å². The van der Waals surface area contributed by atoms with Crippen molar-refractivity contribution < 1.29 is 9.53 Å². The minimum absolute atomic E-state index is 0.151. The number of amides is 1. The number of ether oxygens (including phenoxy) is 1. The smallest absolute Gasteiger partial charge is 0.273 e. The Labute approximate surface area is 227 Å². The van der Waals surface area contributed by atoms with Crippen molar-refractivity contribution >= 4 is 28.8 Å². The van der Waals surface area contributed by atoms with Crippen LogP contribution >= 0.6 is 11.6 Å². The molecule has 0 bridgehead atoms. The summed E-state index contributed by atoms with van der Waals surface area (Å²) in [6, 6.07) is 24.0. The summed E-state index contributed by atoms with van der Waals surface area (Å²) in [6.07, 6.45) is 6.16. The highest BCUT2D eigenvalue weighted by Gasteiger charge is 2.29. The van der Waals surface area contributed by atoms with E-state index < -0.39 is 0 Å². The minimum atomic E-state index is -0.151. The summed E-state index contributed by atoms with van der Waals surface area (Å²) in [5, 5.41) is 3.70. The monoisotopic (exact) mass is 523 g/mol. The maximum atomic E-state index is 14.0. The summed E-state index contributed by atoms with van der Waals surface area (Å²) >= 11 is 6.22. The number of nitrogens with zero attached hydrogens (tertiary/aromatic N) is 2. The molecule has 5 aromatic rings. The van der Waals surface area contributed by atoms with E-state index in [0.29, 0.717) is 16.4 Å². The number of methoxy groups -OCH3 is 1. The first-order chi connectivity index (χ1) is 18.6. The van der Waals surface area contributed by atoms with Gasteiger partial charge in [0.25, 0.3) is 5.91 Å². The van der Waals surface area contributed by atoms with Gasteiger partial charge >= 0.3 is 0 Å². The van der Waals surface area contributed by atoms with E-state index in [1.165, 1.54) is 11.1 Å². The van der Waals surface area contributed by atoms with Crippen LogP contribution in [0.25, 0.3) is 28.0 Å². The van der Waals surface area contributed by atoms with Gasteiger partial charge in [0.15, 0.2) is 0 Å². The summed E-state index contributed by atoms with van der Waals surface area (Å²) in [6.45, 7) is 3.06. The third-order valence-corrected chi connectivity index (χ3v) is 7.70. The van der Waals surface area contributed by atoms with Crippen molar-refractivity contribution in [2.45, 2.75) is 39.2 Å².